The van der Waals surface area contributed by atoms with Crippen molar-refractivity contribution in [3.05, 3.63) is 67.6 Å². The fourth-order valence-electron chi connectivity index (χ4n) is 1.99. The minimum Gasteiger partial charge on any atom is -0.388 e. The molecule has 0 aromatic heterocycles. The molecule has 0 spiro atoms. The van der Waals surface area contributed by atoms with E-state index in [0.29, 0.717) is 16.5 Å². The Morgan fingerprint density at radius 2 is 1.95 bits per heavy atom. The van der Waals surface area contributed by atoms with Crippen molar-refractivity contribution < 1.29 is 5.11 Å². The normalized spacial score (nSPS) is 12.5. The summed E-state index contributed by atoms with van der Waals surface area (Å²) in [5.74, 6) is 0. The topological polar surface area (TPSA) is 20.2 Å². The molecule has 0 aliphatic carbocycles. The van der Waals surface area contributed by atoms with Crippen molar-refractivity contribution in [2.75, 3.05) is 0 Å². The molecule has 1 nitrogen and oxygen atoms in total. The second kappa shape index (κ2) is 6.27. The lowest BCUT2D eigenvalue weighted by atomic mass is 9.98. The van der Waals surface area contributed by atoms with E-state index in [-0.39, 0.29) is 0 Å². The van der Waals surface area contributed by atoms with Crippen molar-refractivity contribution in [1.82, 2.24) is 0 Å². The number of halogens is 3. The van der Waals surface area contributed by atoms with Crippen molar-refractivity contribution in [3.8, 4) is 0 Å². The molecule has 0 fully saturated rings. The maximum absolute atomic E-state index is 10.4. The third-order valence-electron chi connectivity index (χ3n) is 3.05. The molecule has 0 saturated heterocycles. The van der Waals surface area contributed by atoms with E-state index in [4.69, 9.17) is 23.2 Å². The molecule has 2 aromatic rings. The minimum atomic E-state index is -0.603. The first-order chi connectivity index (χ1) is 8.99. The van der Waals surface area contributed by atoms with E-state index in [2.05, 4.69) is 15.9 Å². The van der Waals surface area contributed by atoms with Crippen LogP contribution in [-0.4, -0.2) is 5.11 Å². The summed E-state index contributed by atoms with van der Waals surface area (Å²) in [5, 5.41) is 11.4. The molecule has 2 rings (SSSR count). The van der Waals surface area contributed by atoms with Crippen LogP contribution in [0.4, 0.5) is 0 Å². The lowest BCUT2D eigenvalue weighted by molar-refractivity contribution is 0.177. The average molecular weight is 360 g/mol. The molecule has 0 aliphatic rings. The van der Waals surface area contributed by atoms with Gasteiger partial charge in [-0.2, -0.15) is 0 Å². The van der Waals surface area contributed by atoms with Gasteiger partial charge in [-0.15, -0.1) is 0 Å². The van der Waals surface area contributed by atoms with Gasteiger partial charge in [0.25, 0.3) is 0 Å². The number of hydrogen-bond donors (Lipinski definition) is 1. The molecule has 2 aromatic carbocycles. The Hall–Kier alpha value is -0.540. The van der Waals surface area contributed by atoms with Crippen LogP contribution >= 0.6 is 39.1 Å². The molecule has 1 unspecified atom stereocenters. The van der Waals surface area contributed by atoms with Gasteiger partial charge in [0.15, 0.2) is 0 Å². The molecule has 4 heteroatoms. The van der Waals surface area contributed by atoms with Crippen LogP contribution in [0.25, 0.3) is 0 Å². The van der Waals surface area contributed by atoms with Gasteiger partial charge >= 0.3 is 0 Å². The van der Waals surface area contributed by atoms with Crippen LogP contribution in [0, 0.1) is 6.92 Å². The van der Waals surface area contributed by atoms with E-state index < -0.39 is 6.10 Å². The Kier molecular flexibility index (Phi) is 4.91. The van der Waals surface area contributed by atoms with E-state index >= 15 is 0 Å². The third-order valence-corrected chi connectivity index (χ3v) is 4.40. The molecule has 100 valence electrons. The number of aryl methyl sites for hydroxylation is 1. The average Bonchev–Trinajstić information content (AvgIpc) is 2.38. The van der Waals surface area contributed by atoms with Gasteiger partial charge in [-0.25, -0.2) is 0 Å². The third kappa shape index (κ3) is 3.51. The van der Waals surface area contributed by atoms with Gasteiger partial charge in [-0.1, -0.05) is 57.3 Å². The molecule has 19 heavy (non-hydrogen) atoms. The number of rotatable bonds is 3. The second-order valence-corrected chi connectivity index (χ2v) is 6.13. The van der Waals surface area contributed by atoms with E-state index in [0.717, 1.165) is 21.2 Å². The standard InChI is InChI=1S/C15H13BrCl2O/c1-9-5-6-11(16)8-12(9)14(19)7-10-3-2-4-13(17)15(10)18/h2-6,8,14,19H,7H2,1H3. The highest BCUT2D eigenvalue weighted by molar-refractivity contribution is 9.10. The first-order valence-corrected chi connectivity index (χ1v) is 7.41. The Morgan fingerprint density at radius 3 is 2.68 bits per heavy atom. The molecule has 1 atom stereocenters. The van der Waals surface area contributed by atoms with Crippen LogP contribution in [0.2, 0.25) is 10.0 Å². The van der Waals surface area contributed by atoms with Crippen LogP contribution in [-0.2, 0) is 6.42 Å². The van der Waals surface area contributed by atoms with Crippen LogP contribution in [0.15, 0.2) is 40.9 Å². The molecular weight excluding hydrogens is 347 g/mol. The van der Waals surface area contributed by atoms with Crippen molar-refractivity contribution >= 4 is 39.1 Å². The molecule has 0 heterocycles. The van der Waals surface area contributed by atoms with Gasteiger partial charge in [-0.3, -0.25) is 0 Å². The molecule has 1 N–H and O–H groups in total. The zero-order valence-electron chi connectivity index (χ0n) is 10.3. The summed E-state index contributed by atoms with van der Waals surface area (Å²) in [6.45, 7) is 1.98. The molecule has 0 radical (unpaired) electrons. The highest BCUT2D eigenvalue weighted by Gasteiger charge is 2.14. The molecule has 0 bridgehead atoms. The Morgan fingerprint density at radius 1 is 1.21 bits per heavy atom. The van der Waals surface area contributed by atoms with E-state index in [1.807, 2.05) is 37.3 Å². The largest absolute Gasteiger partial charge is 0.388 e. The lowest BCUT2D eigenvalue weighted by Gasteiger charge is -2.15. The second-order valence-electron chi connectivity index (χ2n) is 4.43. The highest BCUT2D eigenvalue weighted by atomic mass is 79.9. The van der Waals surface area contributed by atoms with Crippen LogP contribution in [0.1, 0.15) is 22.8 Å². The summed E-state index contributed by atoms with van der Waals surface area (Å²) in [5.41, 5.74) is 2.79. The van der Waals surface area contributed by atoms with E-state index in [1.165, 1.54) is 0 Å². The van der Waals surface area contributed by atoms with E-state index in [1.54, 1.807) is 6.07 Å². The molecule has 0 amide bonds. The first kappa shape index (κ1) is 14.9. The maximum Gasteiger partial charge on any atom is 0.0833 e. The zero-order chi connectivity index (χ0) is 14.0. The van der Waals surface area contributed by atoms with Gasteiger partial charge in [-0.05, 0) is 41.8 Å². The molecule has 0 saturated carbocycles. The number of aliphatic hydroxyl groups excluding tert-OH is 1. The summed E-state index contributed by atoms with van der Waals surface area (Å²) in [4.78, 5) is 0. The predicted octanol–water partition coefficient (Wildman–Crippen LogP) is 5.34. The van der Waals surface area contributed by atoms with E-state index in [9.17, 15) is 5.11 Å². The highest BCUT2D eigenvalue weighted by Crippen LogP contribution is 2.30. The number of aliphatic hydroxyl groups is 1. The van der Waals surface area contributed by atoms with Crippen molar-refractivity contribution in [1.29, 1.82) is 0 Å². The summed E-state index contributed by atoms with van der Waals surface area (Å²) >= 11 is 15.5. The lowest BCUT2D eigenvalue weighted by Crippen LogP contribution is -2.04. The van der Waals surface area contributed by atoms with Crippen LogP contribution in [0.3, 0.4) is 0 Å². The number of hydrogen-bond acceptors (Lipinski definition) is 1. The van der Waals surface area contributed by atoms with Gasteiger partial charge in [0.2, 0.25) is 0 Å². The fraction of sp³-hybridized carbons (Fsp3) is 0.200. The van der Waals surface area contributed by atoms with Crippen molar-refractivity contribution in [2.24, 2.45) is 0 Å². The quantitative estimate of drug-likeness (QED) is 0.784. The molecule has 0 aliphatic heterocycles. The van der Waals surface area contributed by atoms with Gasteiger partial charge in [0, 0.05) is 10.9 Å². The Labute approximate surface area is 131 Å². The summed E-state index contributed by atoms with van der Waals surface area (Å²) in [6.07, 6.45) is -0.162. The minimum absolute atomic E-state index is 0.441. The van der Waals surface area contributed by atoms with Crippen LogP contribution in [0.5, 0.6) is 0 Å². The summed E-state index contributed by atoms with van der Waals surface area (Å²) in [6, 6.07) is 11.3. The monoisotopic (exact) mass is 358 g/mol. The van der Waals surface area contributed by atoms with Crippen molar-refractivity contribution in [2.45, 2.75) is 19.4 Å². The number of benzene rings is 2. The SMILES string of the molecule is Cc1ccc(Br)cc1C(O)Cc1cccc(Cl)c1Cl. The summed E-state index contributed by atoms with van der Waals surface area (Å²) < 4.78 is 0.948. The van der Waals surface area contributed by atoms with Crippen LogP contribution < -0.4 is 0 Å². The smallest absolute Gasteiger partial charge is 0.0833 e. The van der Waals surface area contributed by atoms with Gasteiger partial charge in [0.1, 0.15) is 0 Å². The predicted molar refractivity (Wildman–Crippen MR) is 84.0 cm³/mol. The zero-order valence-corrected chi connectivity index (χ0v) is 13.4. The Bertz CT molecular complexity index is 599. The first-order valence-electron chi connectivity index (χ1n) is 5.86. The van der Waals surface area contributed by atoms with Gasteiger partial charge < -0.3 is 5.11 Å². The summed E-state index contributed by atoms with van der Waals surface area (Å²) in [7, 11) is 0. The molecular formula is C15H13BrCl2O. The Balaban J connectivity index is 2.28. The van der Waals surface area contributed by atoms with Gasteiger partial charge in [0.05, 0.1) is 16.1 Å². The fourth-order valence-corrected chi connectivity index (χ4v) is 2.77. The maximum atomic E-state index is 10.4. The van der Waals surface area contributed by atoms with Crippen molar-refractivity contribution in [3.63, 3.8) is 0 Å².